The van der Waals surface area contributed by atoms with Gasteiger partial charge in [0.05, 0.1) is 30.8 Å². The second-order valence-electron chi connectivity index (χ2n) is 9.95. The third kappa shape index (κ3) is 5.86. The van der Waals surface area contributed by atoms with Crippen molar-refractivity contribution in [2.24, 2.45) is 4.99 Å². The second kappa shape index (κ2) is 11.6. The highest BCUT2D eigenvalue weighted by Crippen LogP contribution is 2.46. The number of halogens is 4. The number of nitrogens with zero attached hydrogens (tertiary/aromatic N) is 4. The molecule has 1 saturated heterocycles. The lowest BCUT2D eigenvalue weighted by Gasteiger charge is -2.45. The van der Waals surface area contributed by atoms with Crippen LogP contribution in [0.3, 0.4) is 0 Å². The summed E-state index contributed by atoms with van der Waals surface area (Å²) >= 11 is 1.29. The minimum Gasteiger partial charge on any atom is -0.469 e. The van der Waals surface area contributed by atoms with Crippen molar-refractivity contribution in [2.75, 3.05) is 49.3 Å². The van der Waals surface area contributed by atoms with Gasteiger partial charge in [-0.05, 0) is 55.1 Å². The summed E-state index contributed by atoms with van der Waals surface area (Å²) in [5, 5.41) is 0. The fourth-order valence-electron chi connectivity index (χ4n) is 5.34. The summed E-state index contributed by atoms with van der Waals surface area (Å²) in [5.41, 5.74) is 2.12. The number of piperazine rings is 1. The standard InChI is InChI=1S/C30H30F4N4O2S/c1-19-6-4-7-21(16-19)36-12-14-37(15-13-36)29-35-28-22(8-5-9-23(28)31)24(18-27(39)40-2)38(29)25-17-20(30(32,33)34)10-11-26(25)41-3/h4-11,16-17,24H,12-15,18H2,1-3H3. The van der Waals surface area contributed by atoms with E-state index in [1.165, 1.54) is 37.1 Å². The average Bonchev–Trinajstić information content (AvgIpc) is 2.96. The molecule has 1 atom stereocenters. The number of guanidine groups is 1. The van der Waals surface area contributed by atoms with E-state index >= 15 is 4.39 Å². The van der Waals surface area contributed by atoms with E-state index in [0.29, 0.717) is 42.6 Å². The van der Waals surface area contributed by atoms with Crippen LogP contribution in [0.1, 0.15) is 29.2 Å². The van der Waals surface area contributed by atoms with E-state index in [1.807, 2.05) is 30.0 Å². The normalized spacial score (nSPS) is 17.3. The maximum absolute atomic E-state index is 15.2. The first-order valence-electron chi connectivity index (χ1n) is 13.2. The molecule has 3 aromatic carbocycles. The number of aryl methyl sites for hydroxylation is 1. The van der Waals surface area contributed by atoms with Crippen molar-refractivity contribution in [3.63, 3.8) is 0 Å². The molecule has 2 heterocycles. The summed E-state index contributed by atoms with van der Waals surface area (Å²) in [6, 6.07) is 15.3. The summed E-state index contributed by atoms with van der Waals surface area (Å²) in [4.78, 5) is 23.8. The molecule has 2 aliphatic rings. The Labute approximate surface area is 240 Å². The molecule has 6 nitrogen and oxygen atoms in total. The Morgan fingerprint density at radius 1 is 1.02 bits per heavy atom. The van der Waals surface area contributed by atoms with Crippen LogP contribution in [-0.2, 0) is 15.7 Å². The van der Waals surface area contributed by atoms with E-state index in [9.17, 15) is 18.0 Å². The number of anilines is 2. The van der Waals surface area contributed by atoms with Gasteiger partial charge in [-0.1, -0.05) is 24.3 Å². The lowest BCUT2D eigenvalue weighted by atomic mass is 9.96. The molecule has 0 spiro atoms. The van der Waals surface area contributed by atoms with E-state index < -0.39 is 29.6 Å². The SMILES string of the molecule is COC(=O)CC1c2cccc(F)c2N=C(N2CCN(c3cccc(C)c3)CC2)N1c1cc(C(F)(F)F)ccc1SC. The predicted octanol–water partition coefficient (Wildman–Crippen LogP) is 6.81. The van der Waals surface area contributed by atoms with Crippen molar-refractivity contribution in [2.45, 2.75) is 30.5 Å². The van der Waals surface area contributed by atoms with Crippen LogP contribution in [0, 0.1) is 12.7 Å². The first kappa shape index (κ1) is 28.8. The number of fused-ring (bicyclic) bond motifs is 1. The number of rotatable bonds is 5. The van der Waals surface area contributed by atoms with E-state index in [0.717, 1.165) is 23.4 Å². The van der Waals surface area contributed by atoms with Crippen LogP contribution in [0.4, 0.5) is 34.6 Å². The van der Waals surface area contributed by atoms with Crippen LogP contribution in [0.2, 0.25) is 0 Å². The zero-order valence-electron chi connectivity index (χ0n) is 22.9. The lowest BCUT2D eigenvalue weighted by molar-refractivity contribution is -0.141. The molecule has 11 heteroatoms. The Kier molecular flexibility index (Phi) is 8.17. The van der Waals surface area contributed by atoms with Crippen LogP contribution >= 0.6 is 11.8 Å². The highest BCUT2D eigenvalue weighted by Gasteiger charge is 2.40. The fraction of sp³-hybridized carbons (Fsp3) is 0.333. The highest BCUT2D eigenvalue weighted by molar-refractivity contribution is 7.98. The number of carbonyl (C=O) groups excluding carboxylic acids is 1. The molecule has 216 valence electrons. The predicted molar refractivity (Wildman–Crippen MR) is 154 cm³/mol. The lowest BCUT2D eigenvalue weighted by Crippen LogP contribution is -2.55. The number of carbonyl (C=O) groups is 1. The van der Waals surface area contributed by atoms with Gasteiger partial charge >= 0.3 is 12.1 Å². The molecule has 5 rings (SSSR count). The van der Waals surface area contributed by atoms with Gasteiger partial charge in [0.2, 0.25) is 5.96 Å². The fourth-order valence-corrected chi connectivity index (χ4v) is 5.91. The first-order valence-corrected chi connectivity index (χ1v) is 14.4. The first-order chi connectivity index (χ1) is 19.6. The van der Waals surface area contributed by atoms with E-state index in [1.54, 1.807) is 17.2 Å². The summed E-state index contributed by atoms with van der Waals surface area (Å²) in [6.45, 7) is 4.26. The number of aliphatic imine (C=N–C) groups is 1. The molecule has 1 unspecified atom stereocenters. The van der Waals surface area contributed by atoms with Gasteiger partial charge in [0.1, 0.15) is 11.5 Å². The topological polar surface area (TPSA) is 48.4 Å². The minimum atomic E-state index is -4.58. The van der Waals surface area contributed by atoms with Gasteiger partial charge < -0.3 is 19.4 Å². The zero-order chi connectivity index (χ0) is 29.3. The van der Waals surface area contributed by atoms with Crippen LogP contribution < -0.4 is 9.80 Å². The van der Waals surface area contributed by atoms with Crippen molar-refractivity contribution < 1.29 is 27.1 Å². The zero-order valence-corrected chi connectivity index (χ0v) is 23.7. The summed E-state index contributed by atoms with van der Waals surface area (Å²) in [7, 11) is 1.25. The molecule has 0 radical (unpaired) electrons. The number of para-hydroxylation sites is 1. The smallest absolute Gasteiger partial charge is 0.416 e. The van der Waals surface area contributed by atoms with Gasteiger partial charge in [-0.3, -0.25) is 4.79 Å². The number of methoxy groups -OCH3 is 1. The van der Waals surface area contributed by atoms with E-state index in [-0.39, 0.29) is 17.8 Å². The number of thioether (sulfide) groups is 1. The molecule has 2 aliphatic heterocycles. The van der Waals surface area contributed by atoms with E-state index in [2.05, 4.69) is 11.0 Å². The van der Waals surface area contributed by atoms with Crippen LogP contribution in [-0.4, -0.2) is 56.4 Å². The van der Waals surface area contributed by atoms with Gasteiger partial charge in [0, 0.05) is 42.3 Å². The molecular formula is C30H30F4N4O2S. The summed E-state index contributed by atoms with van der Waals surface area (Å²) < 4.78 is 61.9. The number of esters is 1. The summed E-state index contributed by atoms with van der Waals surface area (Å²) in [5.74, 6) is -0.838. The molecule has 0 amide bonds. The molecule has 1 fully saturated rings. The van der Waals surface area contributed by atoms with Crippen molar-refractivity contribution in [3.05, 3.63) is 83.2 Å². The van der Waals surface area contributed by atoms with Crippen molar-refractivity contribution in [3.8, 4) is 0 Å². The van der Waals surface area contributed by atoms with Crippen molar-refractivity contribution in [1.82, 2.24) is 4.90 Å². The number of ether oxygens (including phenoxy) is 1. The number of hydrogen-bond acceptors (Lipinski definition) is 7. The van der Waals surface area contributed by atoms with Gasteiger partial charge in [-0.2, -0.15) is 13.2 Å². The highest BCUT2D eigenvalue weighted by atomic mass is 32.2. The molecule has 0 aliphatic carbocycles. The van der Waals surface area contributed by atoms with Gasteiger partial charge in [-0.15, -0.1) is 11.8 Å². The average molecular weight is 587 g/mol. The van der Waals surface area contributed by atoms with Crippen LogP contribution in [0.25, 0.3) is 0 Å². The number of alkyl halides is 3. The Balaban J connectivity index is 1.63. The van der Waals surface area contributed by atoms with Crippen molar-refractivity contribution >= 4 is 40.8 Å². The van der Waals surface area contributed by atoms with Crippen LogP contribution in [0.5, 0.6) is 0 Å². The quantitative estimate of drug-likeness (QED) is 0.186. The van der Waals surface area contributed by atoms with Crippen molar-refractivity contribution in [1.29, 1.82) is 0 Å². The molecule has 0 N–H and O–H groups in total. The molecule has 0 bridgehead atoms. The van der Waals surface area contributed by atoms with Gasteiger partial charge in [0.25, 0.3) is 0 Å². The van der Waals surface area contributed by atoms with Crippen LogP contribution in [0.15, 0.2) is 70.6 Å². The Morgan fingerprint density at radius 3 is 2.39 bits per heavy atom. The van der Waals surface area contributed by atoms with Gasteiger partial charge in [-0.25, -0.2) is 9.38 Å². The Bertz CT molecular complexity index is 1470. The number of hydrogen-bond donors (Lipinski definition) is 0. The monoisotopic (exact) mass is 586 g/mol. The maximum Gasteiger partial charge on any atom is 0.416 e. The van der Waals surface area contributed by atoms with Gasteiger partial charge in [0.15, 0.2) is 0 Å². The molecule has 0 saturated carbocycles. The molecule has 41 heavy (non-hydrogen) atoms. The maximum atomic E-state index is 15.2. The third-order valence-corrected chi connectivity index (χ3v) is 8.18. The largest absolute Gasteiger partial charge is 0.469 e. The second-order valence-corrected chi connectivity index (χ2v) is 10.8. The molecular weight excluding hydrogens is 556 g/mol. The minimum absolute atomic E-state index is 0.0754. The molecule has 3 aromatic rings. The number of benzene rings is 3. The molecule has 0 aromatic heterocycles. The Hall–Kier alpha value is -3.73. The summed E-state index contributed by atoms with van der Waals surface area (Å²) in [6.07, 6.45) is -3.02. The van der Waals surface area contributed by atoms with E-state index in [4.69, 9.17) is 9.73 Å². The third-order valence-electron chi connectivity index (χ3n) is 7.40. The Morgan fingerprint density at radius 2 is 1.73 bits per heavy atom.